The van der Waals surface area contributed by atoms with Gasteiger partial charge in [0.05, 0.1) is 0 Å². The summed E-state index contributed by atoms with van der Waals surface area (Å²) in [6.45, 7) is 0. The van der Waals surface area contributed by atoms with E-state index in [1.54, 1.807) is 6.20 Å². The molecule has 4 heteroatoms. The number of pyridine rings is 1. The molecule has 90 valence electrons. The first-order valence-corrected chi connectivity index (χ1v) is 6.70. The molecule has 1 aromatic heterocycles. The van der Waals surface area contributed by atoms with Crippen LogP contribution in [0.15, 0.2) is 24.4 Å². The van der Waals surface area contributed by atoms with Crippen LogP contribution >= 0.6 is 12.2 Å². The molecule has 0 unspecified atom stereocenters. The minimum atomic E-state index is 0.581. The van der Waals surface area contributed by atoms with Crippen LogP contribution < -0.4 is 10.6 Å². The Balaban J connectivity index is 1.54. The SMILES string of the molecule is S=C(Nc1ccccn1)N[C@H]1C[C@H]2CC[C@H]1C2. The van der Waals surface area contributed by atoms with Gasteiger partial charge in [-0.15, -0.1) is 0 Å². The van der Waals surface area contributed by atoms with Crippen LogP contribution in [0, 0.1) is 11.8 Å². The highest BCUT2D eigenvalue weighted by Crippen LogP contribution is 2.44. The fraction of sp³-hybridized carbons (Fsp3) is 0.538. The van der Waals surface area contributed by atoms with Crippen LogP contribution in [0.25, 0.3) is 0 Å². The zero-order valence-corrected chi connectivity index (χ0v) is 10.5. The Bertz CT molecular complexity index is 406. The topological polar surface area (TPSA) is 37.0 Å². The summed E-state index contributed by atoms with van der Waals surface area (Å²) in [5.41, 5.74) is 0. The number of hydrogen-bond donors (Lipinski definition) is 2. The normalized spacial score (nSPS) is 30.2. The van der Waals surface area contributed by atoms with Crippen molar-refractivity contribution in [3.8, 4) is 0 Å². The molecule has 0 saturated heterocycles. The molecule has 2 bridgehead atoms. The van der Waals surface area contributed by atoms with Gasteiger partial charge in [-0.05, 0) is 55.4 Å². The highest BCUT2D eigenvalue weighted by molar-refractivity contribution is 7.80. The highest BCUT2D eigenvalue weighted by atomic mass is 32.1. The number of rotatable bonds is 2. The molecule has 3 atom stereocenters. The van der Waals surface area contributed by atoms with Gasteiger partial charge in [-0.25, -0.2) is 4.98 Å². The summed E-state index contributed by atoms with van der Waals surface area (Å²) in [6, 6.07) is 6.36. The second-order valence-electron chi connectivity index (χ2n) is 5.09. The average Bonchev–Trinajstić information content (AvgIpc) is 2.92. The van der Waals surface area contributed by atoms with Gasteiger partial charge >= 0.3 is 0 Å². The standard InChI is InChI=1S/C13H17N3S/c17-13(16-12-3-1-2-6-14-12)15-11-8-9-4-5-10(11)7-9/h1-3,6,9-11H,4-5,7-8H2,(H2,14,15,16,17)/t9-,10-,11-/m0/s1. The Morgan fingerprint density at radius 3 is 2.88 bits per heavy atom. The van der Waals surface area contributed by atoms with Crippen molar-refractivity contribution < 1.29 is 0 Å². The van der Waals surface area contributed by atoms with E-state index in [2.05, 4.69) is 15.6 Å². The summed E-state index contributed by atoms with van der Waals surface area (Å²) in [7, 11) is 0. The molecule has 0 amide bonds. The van der Waals surface area contributed by atoms with Gasteiger partial charge in [-0.1, -0.05) is 12.5 Å². The summed E-state index contributed by atoms with van der Waals surface area (Å²) in [4.78, 5) is 4.20. The second-order valence-corrected chi connectivity index (χ2v) is 5.50. The summed E-state index contributed by atoms with van der Waals surface area (Å²) in [5.74, 6) is 2.59. The Labute approximate surface area is 107 Å². The van der Waals surface area contributed by atoms with Crippen LogP contribution in [0.2, 0.25) is 0 Å². The second kappa shape index (κ2) is 4.61. The molecule has 3 rings (SSSR count). The predicted octanol–water partition coefficient (Wildman–Crippen LogP) is 2.56. The minimum absolute atomic E-state index is 0.581. The van der Waals surface area contributed by atoms with Crippen molar-refractivity contribution in [2.45, 2.75) is 31.7 Å². The molecule has 17 heavy (non-hydrogen) atoms. The van der Waals surface area contributed by atoms with Gasteiger partial charge < -0.3 is 10.6 Å². The van der Waals surface area contributed by atoms with Crippen LogP contribution in [0.3, 0.4) is 0 Å². The molecule has 0 aromatic carbocycles. The number of anilines is 1. The lowest BCUT2D eigenvalue weighted by atomic mass is 9.96. The van der Waals surface area contributed by atoms with E-state index < -0.39 is 0 Å². The third kappa shape index (κ3) is 2.41. The van der Waals surface area contributed by atoms with Crippen LogP contribution in [-0.2, 0) is 0 Å². The zero-order chi connectivity index (χ0) is 11.7. The van der Waals surface area contributed by atoms with Gasteiger partial charge in [-0.3, -0.25) is 0 Å². The van der Waals surface area contributed by atoms with Gasteiger partial charge in [0.15, 0.2) is 5.11 Å². The van der Waals surface area contributed by atoms with E-state index in [-0.39, 0.29) is 0 Å². The number of hydrogen-bond acceptors (Lipinski definition) is 2. The molecule has 2 N–H and O–H groups in total. The molecule has 1 aromatic rings. The third-order valence-electron chi connectivity index (χ3n) is 3.96. The number of nitrogens with zero attached hydrogens (tertiary/aromatic N) is 1. The fourth-order valence-electron chi connectivity index (χ4n) is 3.18. The lowest BCUT2D eigenvalue weighted by Crippen LogP contribution is -2.40. The van der Waals surface area contributed by atoms with Crippen molar-refractivity contribution in [2.75, 3.05) is 5.32 Å². The molecule has 2 aliphatic carbocycles. The maximum absolute atomic E-state index is 5.33. The van der Waals surface area contributed by atoms with Gasteiger partial charge in [0.25, 0.3) is 0 Å². The Morgan fingerprint density at radius 2 is 2.24 bits per heavy atom. The molecule has 0 radical (unpaired) electrons. The van der Waals surface area contributed by atoms with E-state index in [0.29, 0.717) is 11.2 Å². The number of fused-ring (bicyclic) bond motifs is 2. The maximum atomic E-state index is 5.33. The summed E-state index contributed by atoms with van der Waals surface area (Å²) >= 11 is 5.33. The van der Waals surface area contributed by atoms with Gasteiger partial charge in [0.1, 0.15) is 5.82 Å². The lowest BCUT2D eigenvalue weighted by Gasteiger charge is -2.24. The largest absolute Gasteiger partial charge is 0.359 e. The molecule has 0 spiro atoms. The highest BCUT2D eigenvalue weighted by Gasteiger charge is 2.39. The quantitative estimate of drug-likeness (QED) is 0.788. The fourth-order valence-corrected chi connectivity index (χ4v) is 3.43. The van der Waals surface area contributed by atoms with E-state index >= 15 is 0 Å². The maximum Gasteiger partial charge on any atom is 0.172 e. The van der Waals surface area contributed by atoms with Gasteiger partial charge in [-0.2, -0.15) is 0 Å². The summed E-state index contributed by atoms with van der Waals surface area (Å²) < 4.78 is 0. The lowest BCUT2D eigenvalue weighted by molar-refractivity contribution is 0.392. The van der Waals surface area contributed by atoms with Gasteiger partial charge in [0, 0.05) is 12.2 Å². The van der Waals surface area contributed by atoms with Crippen molar-refractivity contribution in [1.82, 2.24) is 10.3 Å². The molecular formula is C13H17N3S. The van der Waals surface area contributed by atoms with E-state index in [1.165, 1.54) is 25.7 Å². The van der Waals surface area contributed by atoms with Crippen molar-refractivity contribution in [1.29, 1.82) is 0 Å². The number of aromatic nitrogens is 1. The van der Waals surface area contributed by atoms with E-state index in [1.807, 2.05) is 18.2 Å². The first-order valence-electron chi connectivity index (χ1n) is 6.30. The zero-order valence-electron chi connectivity index (χ0n) is 9.73. The first-order chi connectivity index (χ1) is 8.31. The van der Waals surface area contributed by atoms with E-state index in [4.69, 9.17) is 12.2 Å². The van der Waals surface area contributed by atoms with Crippen LogP contribution in [-0.4, -0.2) is 16.1 Å². The van der Waals surface area contributed by atoms with Gasteiger partial charge in [0.2, 0.25) is 0 Å². The van der Waals surface area contributed by atoms with Crippen LogP contribution in [0.1, 0.15) is 25.7 Å². The van der Waals surface area contributed by atoms with Crippen molar-refractivity contribution in [3.63, 3.8) is 0 Å². The Hall–Kier alpha value is -1.16. The first kappa shape index (κ1) is 11.0. The summed E-state index contributed by atoms with van der Waals surface area (Å²) in [6.07, 6.45) is 7.23. The number of thiocarbonyl (C=S) groups is 1. The minimum Gasteiger partial charge on any atom is -0.359 e. The van der Waals surface area contributed by atoms with Crippen LogP contribution in [0.5, 0.6) is 0 Å². The molecule has 3 nitrogen and oxygen atoms in total. The molecular weight excluding hydrogens is 230 g/mol. The smallest absolute Gasteiger partial charge is 0.172 e. The van der Waals surface area contributed by atoms with Crippen molar-refractivity contribution >= 4 is 23.1 Å². The molecule has 2 fully saturated rings. The molecule has 2 aliphatic rings. The third-order valence-corrected chi connectivity index (χ3v) is 4.18. The number of nitrogens with one attached hydrogen (secondary N) is 2. The molecule has 2 saturated carbocycles. The van der Waals surface area contributed by atoms with E-state index in [9.17, 15) is 0 Å². The summed E-state index contributed by atoms with van der Waals surface area (Å²) in [5, 5.41) is 7.29. The van der Waals surface area contributed by atoms with E-state index in [0.717, 1.165) is 17.7 Å². The predicted molar refractivity (Wildman–Crippen MR) is 72.8 cm³/mol. The molecule has 0 aliphatic heterocycles. The average molecular weight is 247 g/mol. The van der Waals surface area contributed by atoms with Crippen molar-refractivity contribution in [3.05, 3.63) is 24.4 Å². The Kier molecular flexibility index (Phi) is 2.97. The molecule has 1 heterocycles. The monoisotopic (exact) mass is 247 g/mol. The Morgan fingerprint density at radius 1 is 1.29 bits per heavy atom. The van der Waals surface area contributed by atoms with Crippen molar-refractivity contribution in [2.24, 2.45) is 11.8 Å². The van der Waals surface area contributed by atoms with Crippen LogP contribution in [0.4, 0.5) is 5.82 Å².